The summed E-state index contributed by atoms with van der Waals surface area (Å²) >= 11 is 0. The minimum Gasteiger partial charge on any atom is -0.384 e. The highest BCUT2D eigenvalue weighted by atomic mass is 19.1. The van der Waals surface area contributed by atoms with Crippen molar-refractivity contribution in [1.29, 1.82) is 0 Å². The van der Waals surface area contributed by atoms with Crippen LogP contribution in [0.25, 0.3) is 0 Å². The molecule has 26 heavy (non-hydrogen) atoms. The molecule has 0 unspecified atom stereocenters. The molecule has 1 aromatic carbocycles. The quantitative estimate of drug-likeness (QED) is 0.757. The van der Waals surface area contributed by atoms with E-state index in [4.69, 9.17) is 0 Å². The maximum atomic E-state index is 14.5. The van der Waals surface area contributed by atoms with Gasteiger partial charge >= 0.3 is 0 Å². The lowest BCUT2D eigenvalue weighted by molar-refractivity contribution is 0.00674. The number of hydrogen-bond acceptors (Lipinski definition) is 4. The number of rotatable bonds is 5. The first-order valence-electron chi connectivity index (χ1n) is 7.94. The Morgan fingerprint density at radius 2 is 1.88 bits per heavy atom. The van der Waals surface area contributed by atoms with Gasteiger partial charge in [0.25, 0.3) is 0 Å². The number of aliphatic hydroxyl groups is 1. The highest BCUT2D eigenvalue weighted by molar-refractivity contribution is 5.32. The minimum atomic E-state index is -1.88. The first-order valence-corrected chi connectivity index (χ1v) is 7.94. The zero-order chi connectivity index (χ0) is 18.7. The zero-order valence-electron chi connectivity index (χ0n) is 13.9. The first-order chi connectivity index (χ1) is 12.4. The summed E-state index contributed by atoms with van der Waals surface area (Å²) in [6, 6.07) is 6.29. The largest absolute Gasteiger partial charge is 0.384 e. The number of aromatic nitrogens is 3. The lowest BCUT2D eigenvalue weighted by Crippen LogP contribution is -2.36. The van der Waals surface area contributed by atoms with E-state index in [2.05, 4.69) is 15.0 Å². The molecule has 0 saturated carbocycles. The molecule has 134 valence electrons. The third kappa shape index (κ3) is 3.43. The normalized spacial score (nSPS) is 14.7. The summed E-state index contributed by atoms with van der Waals surface area (Å²) in [5, 5.41) is 11.4. The smallest absolute Gasteiger partial charge is 0.163 e. The van der Waals surface area contributed by atoms with Crippen LogP contribution in [0.2, 0.25) is 0 Å². The van der Waals surface area contributed by atoms with Crippen molar-refractivity contribution in [3.8, 4) is 0 Å². The van der Waals surface area contributed by atoms with Crippen molar-refractivity contribution in [3.63, 3.8) is 0 Å². The van der Waals surface area contributed by atoms with Crippen LogP contribution in [-0.2, 0) is 12.0 Å². The highest BCUT2D eigenvalue weighted by Crippen LogP contribution is 2.40. The monoisotopic (exact) mass is 359 g/mol. The van der Waals surface area contributed by atoms with Crippen LogP contribution in [0, 0.1) is 17.5 Å². The van der Waals surface area contributed by atoms with E-state index in [1.165, 1.54) is 13.1 Å². The maximum absolute atomic E-state index is 14.5. The van der Waals surface area contributed by atoms with Crippen molar-refractivity contribution in [2.75, 3.05) is 0 Å². The van der Waals surface area contributed by atoms with Gasteiger partial charge in [-0.1, -0.05) is 19.1 Å². The van der Waals surface area contributed by atoms with E-state index in [1.807, 2.05) is 0 Å². The summed E-state index contributed by atoms with van der Waals surface area (Å²) in [7, 11) is 0. The molecule has 0 saturated heterocycles. The van der Waals surface area contributed by atoms with Crippen LogP contribution in [0.3, 0.4) is 0 Å². The molecule has 2 aromatic heterocycles. The molecular weight excluding hydrogens is 343 g/mol. The van der Waals surface area contributed by atoms with Crippen LogP contribution < -0.4 is 0 Å². The Hall–Kier alpha value is -2.80. The van der Waals surface area contributed by atoms with E-state index >= 15 is 0 Å². The van der Waals surface area contributed by atoms with E-state index < -0.39 is 29.0 Å². The molecule has 7 heteroatoms. The molecular formula is C19H16F3N3O. The number of nitrogens with zero attached hydrogens (tertiary/aromatic N) is 3. The van der Waals surface area contributed by atoms with Gasteiger partial charge in [0.2, 0.25) is 0 Å². The molecule has 0 bridgehead atoms. The van der Waals surface area contributed by atoms with Gasteiger partial charge < -0.3 is 5.11 Å². The Balaban J connectivity index is 2.13. The molecule has 0 fully saturated rings. The van der Waals surface area contributed by atoms with Gasteiger partial charge in [-0.25, -0.2) is 23.1 Å². The molecule has 0 aliphatic rings. The Bertz CT molecular complexity index is 908. The van der Waals surface area contributed by atoms with Crippen molar-refractivity contribution in [3.05, 3.63) is 89.5 Å². The van der Waals surface area contributed by atoms with Crippen LogP contribution in [0.4, 0.5) is 13.2 Å². The second-order valence-corrected chi connectivity index (χ2v) is 6.06. The first kappa shape index (κ1) is 18.0. The third-order valence-corrected chi connectivity index (χ3v) is 4.42. The molecule has 4 nitrogen and oxygen atoms in total. The van der Waals surface area contributed by atoms with Crippen molar-refractivity contribution < 1.29 is 18.3 Å². The highest BCUT2D eigenvalue weighted by Gasteiger charge is 2.41. The Kier molecular flexibility index (Phi) is 4.99. The van der Waals surface area contributed by atoms with E-state index in [-0.39, 0.29) is 17.7 Å². The van der Waals surface area contributed by atoms with Gasteiger partial charge in [0.05, 0.1) is 11.9 Å². The Labute approximate surface area is 148 Å². The minimum absolute atomic E-state index is 0.0601. The summed E-state index contributed by atoms with van der Waals surface area (Å²) in [6.07, 6.45) is 5.16. The lowest BCUT2D eigenvalue weighted by atomic mass is 9.76. The third-order valence-electron chi connectivity index (χ3n) is 4.42. The summed E-state index contributed by atoms with van der Waals surface area (Å²) < 4.78 is 42.0. The number of pyridine rings is 1. The van der Waals surface area contributed by atoms with Gasteiger partial charge in [-0.05, 0) is 17.7 Å². The van der Waals surface area contributed by atoms with Crippen LogP contribution in [0.15, 0.2) is 55.2 Å². The van der Waals surface area contributed by atoms with Crippen molar-refractivity contribution in [2.45, 2.75) is 24.9 Å². The van der Waals surface area contributed by atoms with E-state index in [9.17, 15) is 18.3 Å². The summed E-state index contributed by atoms with van der Waals surface area (Å²) in [5.74, 6) is -3.34. The Morgan fingerprint density at radius 3 is 2.54 bits per heavy atom. The second-order valence-electron chi connectivity index (χ2n) is 6.06. The molecule has 2 heterocycles. The zero-order valence-corrected chi connectivity index (χ0v) is 13.9. The van der Waals surface area contributed by atoms with Gasteiger partial charge in [-0.2, -0.15) is 0 Å². The molecule has 2 atom stereocenters. The topological polar surface area (TPSA) is 58.9 Å². The molecule has 0 aliphatic heterocycles. The fraction of sp³-hybridized carbons (Fsp3) is 0.211. The predicted octanol–water partition coefficient (Wildman–Crippen LogP) is 3.52. The SMILES string of the molecule is C[C@@H](c1ncncc1F)[C@](O)(Cc1cccnc1)c1ccc(F)cc1F. The van der Waals surface area contributed by atoms with E-state index in [0.29, 0.717) is 11.6 Å². The van der Waals surface area contributed by atoms with Crippen molar-refractivity contribution in [1.82, 2.24) is 15.0 Å². The molecule has 0 spiro atoms. The van der Waals surface area contributed by atoms with Gasteiger partial charge in [-0.15, -0.1) is 0 Å². The summed E-state index contributed by atoms with van der Waals surface area (Å²) in [6.45, 7) is 1.53. The van der Waals surface area contributed by atoms with Gasteiger partial charge in [0.1, 0.15) is 23.6 Å². The maximum Gasteiger partial charge on any atom is 0.163 e. The average Bonchev–Trinajstić information content (AvgIpc) is 2.62. The van der Waals surface area contributed by atoms with Crippen molar-refractivity contribution >= 4 is 0 Å². The molecule has 3 rings (SSSR count). The standard InChI is InChI=1S/C19H16F3N3O/c1-12(18-17(22)10-24-11-25-18)19(26,8-13-3-2-6-23-9-13)15-5-4-14(20)7-16(15)21/h2-7,9-12,26H,8H2,1H3/t12-,19+/m0/s1. The molecule has 0 radical (unpaired) electrons. The fourth-order valence-electron chi connectivity index (χ4n) is 3.00. The van der Waals surface area contributed by atoms with Crippen LogP contribution in [0.5, 0.6) is 0 Å². The number of halogens is 3. The molecule has 0 amide bonds. The number of benzene rings is 1. The molecule has 3 aromatic rings. The van der Waals surface area contributed by atoms with Gasteiger partial charge in [0.15, 0.2) is 5.82 Å². The average molecular weight is 359 g/mol. The summed E-state index contributed by atoms with van der Waals surface area (Å²) in [4.78, 5) is 11.5. The molecule has 0 aliphatic carbocycles. The van der Waals surface area contributed by atoms with Gasteiger partial charge in [0, 0.05) is 36.4 Å². The molecule has 1 N–H and O–H groups in total. The van der Waals surface area contributed by atoms with Crippen LogP contribution in [-0.4, -0.2) is 20.1 Å². The number of hydrogen-bond donors (Lipinski definition) is 1. The van der Waals surface area contributed by atoms with Gasteiger partial charge in [-0.3, -0.25) is 4.98 Å². The fourth-order valence-corrected chi connectivity index (χ4v) is 3.00. The second kappa shape index (κ2) is 7.21. The van der Waals surface area contributed by atoms with Crippen molar-refractivity contribution in [2.24, 2.45) is 0 Å². The predicted molar refractivity (Wildman–Crippen MR) is 88.6 cm³/mol. The summed E-state index contributed by atoms with van der Waals surface area (Å²) in [5.41, 5.74) is -1.47. The lowest BCUT2D eigenvalue weighted by Gasteiger charge is -2.35. The van der Waals surface area contributed by atoms with E-state index in [0.717, 1.165) is 24.7 Å². The Morgan fingerprint density at radius 1 is 1.08 bits per heavy atom. The van der Waals surface area contributed by atoms with Crippen LogP contribution in [0.1, 0.15) is 29.7 Å². The van der Waals surface area contributed by atoms with Crippen LogP contribution >= 0.6 is 0 Å². The van der Waals surface area contributed by atoms with E-state index in [1.54, 1.807) is 18.3 Å².